The van der Waals surface area contributed by atoms with Crippen LogP contribution in [0.25, 0.3) is 11.2 Å². The highest BCUT2D eigenvalue weighted by Gasteiger charge is 2.06. The first-order chi connectivity index (χ1) is 10.2. The summed E-state index contributed by atoms with van der Waals surface area (Å²) in [6, 6.07) is 9.31. The molecule has 0 aliphatic rings. The fourth-order valence-corrected chi connectivity index (χ4v) is 1.88. The van der Waals surface area contributed by atoms with E-state index in [1.807, 2.05) is 31.2 Å². The van der Waals surface area contributed by atoms with E-state index in [2.05, 4.69) is 20.3 Å². The SMILES string of the molecule is Cc1ccc(OCC(=O)Nc2cnc3nc[nH]c3c2)cc1. The van der Waals surface area contributed by atoms with Crippen LogP contribution in [0.2, 0.25) is 0 Å². The molecule has 0 bridgehead atoms. The van der Waals surface area contributed by atoms with Crippen LogP contribution in [-0.2, 0) is 4.79 Å². The molecule has 0 saturated heterocycles. The number of amides is 1. The Hall–Kier alpha value is -2.89. The Labute approximate surface area is 121 Å². The fourth-order valence-electron chi connectivity index (χ4n) is 1.88. The van der Waals surface area contributed by atoms with Crippen molar-refractivity contribution in [1.29, 1.82) is 0 Å². The Kier molecular flexibility index (Phi) is 3.51. The third kappa shape index (κ3) is 3.17. The molecule has 6 heteroatoms. The molecule has 21 heavy (non-hydrogen) atoms. The number of carbonyl (C=O) groups is 1. The lowest BCUT2D eigenvalue weighted by Gasteiger charge is -2.07. The predicted molar refractivity (Wildman–Crippen MR) is 79.2 cm³/mol. The van der Waals surface area contributed by atoms with E-state index in [9.17, 15) is 4.79 Å². The number of imidazole rings is 1. The number of benzene rings is 1. The van der Waals surface area contributed by atoms with Crippen molar-refractivity contribution in [2.45, 2.75) is 6.92 Å². The topological polar surface area (TPSA) is 79.9 Å². The van der Waals surface area contributed by atoms with Crippen molar-refractivity contribution in [2.75, 3.05) is 11.9 Å². The van der Waals surface area contributed by atoms with E-state index in [1.165, 1.54) is 0 Å². The number of aromatic nitrogens is 3. The molecule has 1 aromatic carbocycles. The van der Waals surface area contributed by atoms with Crippen molar-refractivity contribution in [1.82, 2.24) is 15.0 Å². The summed E-state index contributed by atoms with van der Waals surface area (Å²) in [5, 5.41) is 2.73. The quantitative estimate of drug-likeness (QED) is 0.769. The van der Waals surface area contributed by atoms with Crippen molar-refractivity contribution >= 4 is 22.8 Å². The third-order valence-electron chi connectivity index (χ3n) is 2.95. The molecule has 2 heterocycles. The highest BCUT2D eigenvalue weighted by atomic mass is 16.5. The lowest BCUT2D eigenvalue weighted by molar-refractivity contribution is -0.118. The monoisotopic (exact) mass is 282 g/mol. The molecule has 6 nitrogen and oxygen atoms in total. The predicted octanol–water partition coefficient (Wildman–Crippen LogP) is 2.28. The maximum absolute atomic E-state index is 11.8. The number of aromatic amines is 1. The highest BCUT2D eigenvalue weighted by Crippen LogP contribution is 2.13. The number of ether oxygens (including phenoxy) is 1. The van der Waals surface area contributed by atoms with E-state index in [1.54, 1.807) is 18.6 Å². The van der Waals surface area contributed by atoms with Crippen molar-refractivity contribution in [3.05, 3.63) is 48.4 Å². The van der Waals surface area contributed by atoms with E-state index in [4.69, 9.17) is 4.74 Å². The number of anilines is 1. The Balaban J connectivity index is 1.59. The van der Waals surface area contributed by atoms with Gasteiger partial charge in [-0.1, -0.05) is 17.7 Å². The van der Waals surface area contributed by atoms with E-state index in [0.29, 0.717) is 17.1 Å². The first-order valence-electron chi connectivity index (χ1n) is 6.49. The van der Waals surface area contributed by atoms with Crippen LogP contribution in [-0.4, -0.2) is 27.5 Å². The average Bonchev–Trinajstić information content (AvgIpc) is 2.94. The minimum atomic E-state index is -0.240. The number of aryl methyl sites for hydroxylation is 1. The molecule has 1 amide bonds. The average molecular weight is 282 g/mol. The van der Waals surface area contributed by atoms with Gasteiger partial charge in [-0.05, 0) is 25.1 Å². The van der Waals surface area contributed by atoms with Crippen LogP contribution < -0.4 is 10.1 Å². The van der Waals surface area contributed by atoms with Gasteiger partial charge in [0.2, 0.25) is 0 Å². The standard InChI is InChI=1S/C15H14N4O2/c1-10-2-4-12(5-3-10)21-8-14(20)19-11-6-13-15(16-7-11)18-9-17-13/h2-7,9H,8H2,1H3,(H,19,20)(H,16,17,18). The molecule has 106 valence electrons. The summed E-state index contributed by atoms with van der Waals surface area (Å²) in [6.45, 7) is 1.94. The van der Waals surface area contributed by atoms with E-state index in [-0.39, 0.29) is 12.5 Å². The van der Waals surface area contributed by atoms with Gasteiger partial charge in [0.15, 0.2) is 12.3 Å². The van der Waals surface area contributed by atoms with Gasteiger partial charge >= 0.3 is 0 Å². The van der Waals surface area contributed by atoms with Gasteiger partial charge in [-0.25, -0.2) is 9.97 Å². The number of rotatable bonds is 4. The summed E-state index contributed by atoms with van der Waals surface area (Å²) in [4.78, 5) is 22.9. The molecular formula is C15H14N4O2. The molecule has 3 aromatic rings. The molecule has 2 N–H and O–H groups in total. The second-order valence-corrected chi connectivity index (χ2v) is 4.65. The van der Waals surface area contributed by atoms with Crippen LogP contribution in [0.5, 0.6) is 5.75 Å². The molecule has 0 radical (unpaired) electrons. The second-order valence-electron chi connectivity index (χ2n) is 4.65. The highest BCUT2D eigenvalue weighted by molar-refractivity contribution is 5.93. The zero-order valence-electron chi connectivity index (χ0n) is 11.5. The molecule has 0 aliphatic carbocycles. The molecule has 0 spiro atoms. The number of hydrogen-bond donors (Lipinski definition) is 2. The Morgan fingerprint density at radius 1 is 1.29 bits per heavy atom. The van der Waals surface area contributed by atoms with Crippen LogP contribution in [0.3, 0.4) is 0 Å². The minimum Gasteiger partial charge on any atom is -0.484 e. The van der Waals surface area contributed by atoms with Gasteiger partial charge in [0, 0.05) is 0 Å². The number of nitrogens with zero attached hydrogens (tertiary/aromatic N) is 2. The molecule has 3 rings (SSSR count). The lowest BCUT2D eigenvalue weighted by Crippen LogP contribution is -2.20. The van der Waals surface area contributed by atoms with Crippen LogP contribution in [0, 0.1) is 6.92 Å². The smallest absolute Gasteiger partial charge is 0.262 e. The fraction of sp³-hybridized carbons (Fsp3) is 0.133. The summed E-state index contributed by atoms with van der Waals surface area (Å²) < 4.78 is 5.41. The van der Waals surface area contributed by atoms with Gasteiger partial charge in [-0.3, -0.25) is 4.79 Å². The zero-order chi connectivity index (χ0) is 14.7. The summed E-state index contributed by atoms with van der Waals surface area (Å²) in [5.41, 5.74) is 3.13. The molecule has 0 fully saturated rings. The van der Waals surface area contributed by atoms with Crippen molar-refractivity contribution in [2.24, 2.45) is 0 Å². The first-order valence-corrected chi connectivity index (χ1v) is 6.49. The van der Waals surface area contributed by atoms with Crippen molar-refractivity contribution < 1.29 is 9.53 Å². The third-order valence-corrected chi connectivity index (χ3v) is 2.95. The molecule has 0 saturated carbocycles. The van der Waals surface area contributed by atoms with Gasteiger partial charge in [-0.15, -0.1) is 0 Å². The van der Waals surface area contributed by atoms with Gasteiger partial charge in [0.1, 0.15) is 5.75 Å². The molecular weight excluding hydrogens is 268 g/mol. The minimum absolute atomic E-state index is 0.0515. The maximum Gasteiger partial charge on any atom is 0.262 e. The summed E-state index contributed by atoms with van der Waals surface area (Å²) in [6.07, 6.45) is 3.12. The molecule has 2 aromatic heterocycles. The Morgan fingerprint density at radius 2 is 2.10 bits per heavy atom. The number of fused-ring (bicyclic) bond motifs is 1. The van der Waals surface area contributed by atoms with Gasteiger partial charge in [0.05, 0.1) is 23.7 Å². The van der Waals surface area contributed by atoms with Crippen LogP contribution in [0.1, 0.15) is 5.56 Å². The maximum atomic E-state index is 11.8. The van der Waals surface area contributed by atoms with Crippen LogP contribution >= 0.6 is 0 Å². The van der Waals surface area contributed by atoms with Crippen molar-refractivity contribution in [3.63, 3.8) is 0 Å². The van der Waals surface area contributed by atoms with Crippen molar-refractivity contribution in [3.8, 4) is 5.75 Å². The van der Waals surface area contributed by atoms with Gasteiger partial charge in [-0.2, -0.15) is 0 Å². The largest absolute Gasteiger partial charge is 0.484 e. The lowest BCUT2D eigenvalue weighted by atomic mass is 10.2. The number of nitrogens with one attached hydrogen (secondary N) is 2. The zero-order valence-corrected chi connectivity index (χ0v) is 11.5. The molecule has 0 unspecified atom stereocenters. The first kappa shape index (κ1) is 13.1. The normalized spacial score (nSPS) is 10.5. The van der Waals surface area contributed by atoms with E-state index in [0.717, 1.165) is 11.1 Å². The summed E-state index contributed by atoms with van der Waals surface area (Å²) in [7, 11) is 0. The van der Waals surface area contributed by atoms with Crippen LogP contribution in [0.4, 0.5) is 5.69 Å². The van der Waals surface area contributed by atoms with Gasteiger partial charge < -0.3 is 15.0 Å². The van der Waals surface area contributed by atoms with Crippen LogP contribution in [0.15, 0.2) is 42.9 Å². The van der Waals surface area contributed by atoms with Gasteiger partial charge in [0.25, 0.3) is 5.91 Å². The summed E-state index contributed by atoms with van der Waals surface area (Å²) >= 11 is 0. The number of hydrogen-bond acceptors (Lipinski definition) is 4. The molecule has 0 atom stereocenters. The number of H-pyrrole nitrogens is 1. The second kappa shape index (κ2) is 5.62. The van der Waals surface area contributed by atoms with E-state index >= 15 is 0 Å². The number of carbonyl (C=O) groups excluding carboxylic acids is 1. The molecule has 0 aliphatic heterocycles. The summed E-state index contributed by atoms with van der Waals surface area (Å²) in [5.74, 6) is 0.425. The van der Waals surface area contributed by atoms with E-state index < -0.39 is 0 Å². The Morgan fingerprint density at radius 3 is 2.90 bits per heavy atom. The Bertz CT molecular complexity index is 765. The number of pyridine rings is 1.